The van der Waals surface area contributed by atoms with Crippen LogP contribution >= 0.6 is 27.3 Å². The number of aryl methyl sites for hydroxylation is 2. The maximum atomic E-state index is 12.8. The van der Waals surface area contributed by atoms with Crippen molar-refractivity contribution in [2.45, 2.75) is 26.8 Å². The molecule has 11 heteroatoms. The van der Waals surface area contributed by atoms with E-state index in [4.69, 9.17) is 5.73 Å². The first-order chi connectivity index (χ1) is 17.1. The number of thiazole rings is 1. The highest BCUT2D eigenvalue weighted by Crippen LogP contribution is 2.32. The molecular weight excluding hydrogens is 544 g/mol. The van der Waals surface area contributed by atoms with Crippen LogP contribution in [-0.4, -0.2) is 32.5 Å². The second-order valence-electron chi connectivity index (χ2n) is 8.18. The molecule has 0 saturated heterocycles. The molecule has 0 spiro atoms. The fourth-order valence-corrected chi connectivity index (χ4v) is 4.90. The molecule has 2 heterocycles. The van der Waals surface area contributed by atoms with Gasteiger partial charge in [-0.1, -0.05) is 28.1 Å². The first kappa shape index (κ1) is 25.3. The summed E-state index contributed by atoms with van der Waals surface area (Å²) < 4.78 is 2.51. The molecule has 0 aliphatic carbocycles. The van der Waals surface area contributed by atoms with Gasteiger partial charge in [-0.3, -0.25) is 14.4 Å². The Bertz CT molecular complexity index is 1460. The van der Waals surface area contributed by atoms with Crippen molar-refractivity contribution < 1.29 is 14.4 Å². The third-order valence-corrected chi connectivity index (χ3v) is 7.28. The van der Waals surface area contributed by atoms with Gasteiger partial charge in [0.1, 0.15) is 5.01 Å². The predicted octanol–water partition coefficient (Wildman–Crippen LogP) is 4.29. The number of carbonyl (C=O) groups is 3. The molecule has 1 unspecified atom stereocenters. The van der Waals surface area contributed by atoms with E-state index in [2.05, 4.69) is 36.6 Å². The van der Waals surface area contributed by atoms with E-state index >= 15 is 0 Å². The van der Waals surface area contributed by atoms with Gasteiger partial charge in [-0.25, -0.2) is 9.67 Å². The molecule has 36 heavy (non-hydrogen) atoms. The molecule has 9 nitrogen and oxygen atoms in total. The number of hydrogen-bond acceptors (Lipinski definition) is 6. The van der Waals surface area contributed by atoms with Crippen LogP contribution in [0, 0.1) is 13.8 Å². The number of nitrogens with one attached hydrogen (secondary N) is 2. The Morgan fingerprint density at radius 2 is 1.81 bits per heavy atom. The Balaban J connectivity index is 1.51. The maximum absolute atomic E-state index is 12.8. The Kier molecular flexibility index (Phi) is 7.32. The van der Waals surface area contributed by atoms with Gasteiger partial charge >= 0.3 is 11.8 Å². The average Bonchev–Trinajstić information content (AvgIpc) is 3.44. The molecule has 2 aromatic heterocycles. The highest BCUT2D eigenvalue weighted by molar-refractivity contribution is 9.10. The van der Waals surface area contributed by atoms with Crippen LogP contribution < -0.4 is 16.4 Å². The number of nitrogens with two attached hydrogens (primary N) is 1. The Hall–Kier alpha value is -3.83. The number of benzene rings is 2. The summed E-state index contributed by atoms with van der Waals surface area (Å²) >= 11 is 4.88. The van der Waals surface area contributed by atoms with Gasteiger partial charge in [0.05, 0.1) is 34.2 Å². The van der Waals surface area contributed by atoms with Gasteiger partial charge in [0.2, 0.25) is 5.91 Å². The normalized spacial score (nSPS) is 11.7. The van der Waals surface area contributed by atoms with E-state index in [-0.39, 0.29) is 11.3 Å². The summed E-state index contributed by atoms with van der Waals surface area (Å²) in [6, 6.07) is 11.9. The largest absolute Gasteiger partial charge is 0.366 e. The first-order valence-electron chi connectivity index (χ1n) is 10.9. The zero-order valence-electron chi connectivity index (χ0n) is 19.7. The molecule has 0 fully saturated rings. The number of anilines is 1. The van der Waals surface area contributed by atoms with Gasteiger partial charge in [0.15, 0.2) is 0 Å². The monoisotopic (exact) mass is 566 g/mol. The number of nitrogens with zero attached hydrogens (tertiary/aromatic N) is 3. The van der Waals surface area contributed by atoms with Crippen molar-refractivity contribution in [1.29, 1.82) is 0 Å². The van der Waals surface area contributed by atoms with Crippen LogP contribution in [-0.2, 0) is 9.59 Å². The number of hydrogen-bond donors (Lipinski definition) is 3. The lowest BCUT2D eigenvalue weighted by Crippen LogP contribution is -2.37. The summed E-state index contributed by atoms with van der Waals surface area (Å²) in [5.41, 5.74) is 8.95. The predicted molar refractivity (Wildman–Crippen MR) is 142 cm³/mol. The van der Waals surface area contributed by atoms with Crippen molar-refractivity contribution in [1.82, 2.24) is 20.1 Å². The number of aromatic nitrogens is 3. The minimum Gasteiger partial charge on any atom is -0.366 e. The SMILES string of the molecule is Cc1cnn(-c2ccc(C(N)=O)cc2NC(=O)C(=O)NC(C)c2sc(-c3ccc(Br)cc3)nc2C)c1. The number of amides is 3. The molecular formula is C25H23BrN6O3S. The third kappa shape index (κ3) is 5.52. The van der Waals surface area contributed by atoms with Crippen molar-refractivity contribution >= 4 is 50.7 Å². The highest BCUT2D eigenvalue weighted by Gasteiger charge is 2.22. The standard InChI is InChI=1S/C25H23BrN6O3S/c1-13-11-28-32(12-13)20-9-6-17(22(27)33)10-19(20)31-24(35)23(34)29-14(2)21-15(3)30-25(36-21)16-4-7-18(26)8-5-16/h4-12,14H,1-3H3,(H2,27,33)(H,29,34)(H,31,35). The molecule has 4 N–H and O–H groups in total. The zero-order chi connectivity index (χ0) is 26.0. The number of rotatable bonds is 6. The molecule has 0 saturated carbocycles. The number of primary amides is 1. The summed E-state index contributed by atoms with van der Waals surface area (Å²) in [6.07, 6.45) is 3.41. The van der Waals surface area contributed by atoms with Gasteiger partial charge in [-0.05, 0) is 56.7 Å². The fourth-order valence-electron chi connectivity index (χ4n) is 3.57. The topological polar surface area (TPSA) is 132 Å². The van der Waals surface area contributed by atoms with Crippen LogP contribution in [0.15, 0.2) is 59.3 Å². The molecule has 4 aromatic rings. The van der Waals surface area contributed by atoms with E-state index in [1.807, 2.05) is 38.1 Å². The van der Waals surface area contributed by atoms with E-state index in [0.717, 1.165) is 31.2 Å². The molecule has 0 bridgehead atoms. The molecule has 3 amide bonds. The lowest BCUT2D eigenvalue weighted by atomic mass is 10.1. The van der Waals surface area contributed by atoms with Crippen LogP contribution in [0.3, 0.4) is 0 Å². The summed E-state index contributed by atoms with van der Waals surface area (Å²) in [7, 11) is 0. The van der Waals surface area contributed by atoms with Crippen LogP contribution in [0.25, 0.3) is 16.3 Å². The lowest BCUT2D eigenvalue weighted by molar-refractivity contribution is -0.136. The Morgan fingerprint density at radius 3 is 2.44 bits per heavy atom. The van der Waals surface area contributed by atoms with E-state index in [0.29, 0.717) is 5.69 Å². The first-order valence-corrected chi connectivity index (χ1v) is 12.5. The van der Waals surface area contributed by atoms with Crippen molar-refractivity contribution in [3.8, 4) is 16.3 Å². The molecule has 0 aliphatic heterocycles. The van der Waals surface area contributed by atoms with Crippen LogP contribution in [0.1, 0.15) is 39.5 Å². The Labute approximate surface area is 219 Å². The van der Waals surface area contributed by atoms with Gasteiger partial charge < -0.3 is 16.4 Å². The molecule has 4 rings (SSSR count). The van der Waals surface area contributed by atoms with E-state index < -0.39 is 23.8 Å². The van der Waals surface area contributed by atoms with E-state index in [1.165, 1.54) is 23.5 Å². The van der Waals surface area contributed by atoms with E-state index in [1.54, 1.807) is 30.1 Å². The van der Waals surface area contributed by atoms with Gasteiger partial charge in [0.25, 0.3) is 0 Å². The molecule has 1 atom stereocenters. The average molecular weight is 567 g/mol. The second-order valence-corrected chi connectivity index (χ2v) is 10.1. The summed E-state index contributed by atoms with van der Waals surface area (Å²) in [5.74, 6) is -2.37. The van der Waals surface area contributed by atoms with Gasteiger partial charge in [0, 0.05) is 21.8 Å². The summed E-state index contributed by atoms with van der Waals surface area (Å²) in [4.78, 5) is 42.7. The minimum absolute atomic E-state index is 0.187. The third-order valence-electron chi connectivity index (χ3n) is 5.36. The smallest absolute Gasteiger partial charge is 0.313 e. The minimum atomic E-state index is -0.885. The Morgan fingerprint density at radius 1 is 1.08 bits per heavy atom. The zero-order valence-corrected chi connectivity index (χ0v) is 22.1. The van der Waals surface area contributed by atoms with Gasteiger partial charge in [-0.15, -0.1) is 11.3 Å². The van der Waals surface area contributed by atoms with Gasteiger partial charge in [-0.2, -0.15) is 5.10 Å². The van der Waals surface area contributed by atoms with Crippen molar-refractivity contribution in [3.63, 3.8) is 0 Å². The van der Waals surface area contributed by atoms with Crippen molar-refractivity contribution in [3.05, 3.63) is 81.0 Å². The fraction of sp³-hybridized carbons (Fsp3) is 0.160. The van der Waals surface area contributed by atoms with Crippen molar-refractivity contribution in [2.24, 2.45) is 5.73 Å². The second kappa shape index (κ2) is 10.4. The van der Waals surface area contributed by atoms with Crippen molar-refractivity contribution in [2.75, 3.05) is 5.32 Å². The van der Waals surface area contributed by atoms with E-state index in [9.17, 15) is 14.4 Å². The summed E-state index contributed by atoms with van der Waals surface area (Å²) in [6.45, 7) is 5.53. The van der Waals surface area contributed by atoms with Crippen LogP contribution in [0.5, 0.6) is 0 Å². The quantitative estimate of drug-likeness (QED) is 0.299. The number of carbonyl (C=O) groups excluding carboxylic acids is 3. The maximum Gasteiger partial charge on any atom is 0.313 e. The highest BCUT2D eigenvalue weighted by atomic mass is 79.9. The lowest BCUT2D eigenvalue weighted by Gasteiger charge is -2.15. The molecule has 2 aromatic carbocycles. The van der Waals surface area contributed by atoms with Crippen LogP contribution in [0.2, 0.25) is 0 Å². The number of halogens is 1. The van der Waals surface area contributed by atoms with Crippen LogP contribution in [0.4, 0.5) is 5.69 Å². The molecule has 0 aliphatic rings. The molecule has 184 valence electrons. The molecule has 0 radical (unpaired) electrons. The summed E-state index contributed by atoms with van der Waals surface area (Å²) in [5, 5.41) is 10.4.